The minimum Gasteiger partial charge on any atom is -0.378 e. The van der Waals surface area contributed by atoms with Gasteiger partial charge in [-0.1, -0.05) is 13.0 Å². The van der Waals surface area contributed by atoms with E-state index in [-0.39, 0.29) is 6.04 Å². The van der Waals surface area contributed by atoms with E-state index in [4.69, 9.17) is 4.74 Å². The molecule has 0 radical (unpaired) electrons. The molecule has 2 nitrogen and oxygen atoms in total. The zero-order valence-corrected chi connectivity index (χ0v) is 12.7. The van der Waals surface area contributed by atoms with Gasteiger partial charge in [0.15, 0.2) is 11.6 Å². The Kier molecular flexibility index (Phi) is 6.58. The molecule has 1 fully saturated rings. The van der Waals surface area contributed by atoms with Gasteiger partial charge in [0, 0.05) is 12.6 Å². The van der Waals surface area contributed by atoms with E-state index in [0.29, 0.717) is 12.5 Å². The third-order valence-corrected chi connectivity index (χ3v) is 3.97. The standard InChI is InChI=1S/C17H25F2NO/c1-2-8-20-14(12-15-5-3-4-9-21-15)10-13-6-7-16(18)17(19)11-13/h6-7,11,14-15,20H,2-5,8-10,12H2,1H3. The molecule has 0 aromatic heterocycles. The van der Waals surface area contributed by atoms with Crippen molar-refractivity contribution >= 4 is 0 Å². The van der Waals surface area contributed by atoms with Crippen LogP contribution in [0.1, 0.15) is 44.6 Å². The van der Waals surface area contributed by atoms with Gasteiger partial charge >= 0.3 is 0 Å². The van der Waals surface area contributed by atoms with Gasteiger partial charge in [-0.2, -0.15) is 0 Å². The molecule has 1 saturated heterocycles. The van der Waals surface area contributed by atoms with E-state index in [1.54, 1.807) is 6.07 Å². The van der Waals surface area contributed by atoms with Gasteiger partial charge in [-0.05, 0) is 62.8 Å². The van der Waals surface area contributed by atoms with Crippen molar-refractivity contribution in [1.29, 1.82) is 0 Å². The quantitative estimate of drug-likeness (QED) is 0.826. The summed E-state index contributed by atoms with van der Waals surface area (Å²) in [5.74, 6) is -1.55. The van der Waals surface area contributed by atoms with Crippen LogP contribution >= 0.6 is 0 Å². The molecule has 1 N–H and O–H groups in total. The minimum absolute atomic E-state index is 0.248. The number of benzene rings is 1. The molecule has 1 aromatic rings. The molecule has 0 spiro atoms. The molecule has 1 aliphatic heterocycles. The van der Waals surface area contributed by atoms with E-state index in [2.05, 4.69) is 12.2 Å². The van der Waals surface area contributed by atoms with Crippen molar-refractivity contribution in [2.45, 2.75) is 57.6 Å². The maximum Gasteiger partial charge on any atom is 0.159 e. The molecule has 0 bridgehead atoms. The number of hydrogen-bond donors (Lipinski definition) is 1. The lowest BCUT2D eigenvalue weighted by Crippen LogP contribution is -2.36. The molecule has 4 heteroatoms. The smallest absolute Gasteiger partial charge is 0.159 e. The van der Waals surface area contributed by atoms with Crippen LogP contribution in [0.4, 0.5) is 8.78 Å². The van der Waals surface area contributed by atoms with Crippen LogP contribution in [0.15, 0.2) is 18.2 Å². The maximum absolute atomic E-state index is 13.3. The predicted octanol–water partition coefficient (Wildman–Crippen LogP) is 3.83. The molecule has 1 aromatic carbocycles. The lowest BCUT2D eigenvalue weighted by Gasteiger charge is -2.27. The Balaban J connectivity index is 1.95. The summed E-state index contributed by atoms with van der Waals surface area (Å²) in [4.78, 5) is 0. The number of ether oxygens (including phenoxy) is 1. The van der Waals surface area contributed by atoms with E-state index >= 15 is 0 Å². The topological polar surface area (TPSA) is 21.3 Å². The molecular weight excluding hydrogens is 272 g/mol. The molecule has 2 unspecified atom stereocenters. The third-order valence-electron chi connectivity index (χ3n) is 3.97. The van der Waals surface area contributed by atoms with Crippen LogP contribution in [0.5, 0.6) is 0 Å². The first-order valence-corrected chi connectivity index (χ1v) is 7.98. The van der Waals surface area contributed by atoms with Crippen molar-refractivity contribution < 1.29 is 13.5 Å². The number of rotatable bonds is 7. The van der Waals surface area contributed by atoms with Crippen LogP contribution in [0, 0.1) is 11.6 Å². The van der Waals surface area contributed by atoms with Crippen LogP contribution in [-0.2, 0) is 11.2 Å². The zero-order valence-electron chi connectivity index (χ0n) is 12.7. The Morgan fingerprint density at radius 3 is 2.81 bits per heavy atom. The van der Waals surface area contributed by atoms with Crippen LogP contribution < -0.4 is 5.32 Å². The highest BCUT2D eigenvalue weighted by atomic mass is 19.2. The summed E-state index contributed by atoms with van der Waals surface area (Å²) in [6.45, 7) is 3.90. The largest absolute Gasteiger partial charge is 0.378 e. The Hall–Kier alpha value is -1.00. The van der Waals surface area contributed by atoms with Crippen LogP contribution in [0.25, 0.3) is 0 Å². The van der Waals surface area contributed by atoms with Crippen molar-refractivity contribution in [3.63, 3.8) is 0 Å². The Labute approximate surface area is 125 Å². The summed E-state index contributed by atoms with van der Waals surface area (Å²) in [5.41, 5.74) is 0.832. The van der Waals surface area contributed by atoms with Gasteiger partial charge < -0.3 is 10.1 Å². The molecule has 0 amide bonds. The number of halogens is 2. The Bertz CT molecular complexity index is 433. The first-order chi connectivity index (χ1) is 10.2. The molecular formula is C17H25F2NO. The van der Waals surface area contributed by atoms with E-state index in [1.807, 2.05) is 0 Å². The van der Waals surface area contributed by atoms with Gasteiger partial charge in [0.2, 0.25) is 0 Å². The summed E-state index contributed by atoms with van der Waals surface area (Å²) in [6.07, 6.45) is 6.44. The summed E-state index contributed by atoms with van der Waals surface area (Å²) in [5, 5.41) is 3.50. The minimum atomic E-state index is -0.785. The van der Waals surface area contributed by atoms with Crippen molar-refractivity contribution in [3.05, 3.63) is 35.4 Å². The molecule has 21 heavy (non-hydrogen) atoms. The molecule has 1 aliphatic rings. The van der Waals surface area contributed by atoms with Gasteiger partial charge in [0.05, 0.1) is 6.10 Å². The van der Waals surface area contributed by atoms with E-state index in [9.17, 15) is 8.78 Å². The summed E-state index contributed by atoms with van der Waals surface area (Å²) in [7, 11) is 0. The molecule has 118 valence electrons. The number of hydrogen-bond acceptors (Lipinski definition) is 2. The fraction of sp³-hybridized carbons (Fsp3) is 0.647. The third kappa shape index (κ3) is 5.36. The Morgan fingerprint density at radius 1 is 1.29 bits per heavy atom. The van der Waals surface area contributed by atoms with Gasteiger partial charge in [-0.25, -0.2) is 8.78 Å². The average Bonchev–Trinajstić information content (AvgIpc) is 2.49. The van der Waals surface area contributed by atoms with Crippen molar-refractivity contribution in [1.82, 2.24) is 5.32 Å². The van der Waals surface area contributed by atoms with E-state index < -0.39 is 11.6 Å². The van der Waals surface area contributed by atoms with Crippen molar-refractivity contribution in [2.75, 3.05) is 13.2 Å². The molecule has 2 atom stereocenters. The molecule has 1 heterocycles. The second-order valence-corrected chi connectivity index (χ2v) is 5.83. The second kappa shape index (κ2) is 8.44. The summed E-state index contributed by atoms with van der Waals surface area (Å²) in [6, 6.07) is 4.43. The van der Waals surface area contributed by atoms with Crippen LogP contribution in [0.2, 0.25) is 0 Å². The van der Waals surface area contributed by atoms with E-state index in [0.717, 1.165) is 44.4 Å². The van der Waals surface area contributed by atoms with Crippen LogP contribution in [-0.4, -0.2) is 25.3 Å². The predicted molar refractivity (Wildman–Crippen MR) is 80.4 cm³/mol. The van der Waals surface area contributed by atoms with Gasteiger partial charge in [0.1, 0.15) is 0 Å². The first-order valence-electron chi connectivity index (χ1n) is 7.98. The normalized spacial score (nSPS) is 20.4. The lowest BCUT2D eigenvalue weighted by molar-refractivity contribution is 0.00526. The highest BCUT2D eigenvalue weighted by Crippen LogP contribution is 2.19. The SMILES string of the molecule is CCCNC(Cc1ccc(F)c(F)c1)CC1CCCCO1. The highest BCUT2D eigenvalue weighted by molar-refractivity contribution is 5.19. The molecule has 0 saturated carbocycles. The fourth-order valence-corrected chi connectivity index (χ4v) is 2.85. The van der Waals surface area contributed by atoms with Gasteiger partial charge in [-0.3, -0.25) is 0 Å². The second-order valence-electron chi connectivity index (χ2n) is 5.83. The van der Waals surface area contributed by atoms with Gasteiger partial charge in [-0.15, -0.1) is 0 Å². The fourth-order valence-electron chi connectivity index (χ4n) is 2.85. The highest BCUT2D eigenvalue weighted by Gasteiger charge is 2.20. The summed E-state index contributed by atoms with van der Waals surface area (Å²) >= 11 is 0. The lowest BCUT2D eigenvalue weighted by atomic mass is 9.96. The van der Waals surface area contributed by atoms with Gasteiger partial charge in [0.25, 0.3) is 0 Å². The summed E-state index contributed by atoms with van der Waals surface area (Å²) < 4.78 is 32.1. The van der Waals surface area contributed by atoms with E-state index in [1.165, 1.54) is 18.6 Å². The molecule has 0 aliphatic carbocycles. The number of nitrogens with one attached hydrogen (secondary N) is 1. The first kappa shape index (κ1) is 16.4. The van der Waals surface area contributed by atoms with Crippen LogP contribution in [0.3, 0.4) is 0 Å². The molecule has 2 rings (SSSR count). The average molecular weight is 297 g/mol. The maximum atomic E-state index is 13.3. The Morgan fingerprint density at radius 2 is 2.14 bits per heavy atom. The monoisotopic (exact) mass is 297 g/mol. The van der Waals surface area contributed by atoms with Crippen molar-refractivity contribution in [2.24, 2.45) is 0 Å². The zero-order chi connectivity index (χ0) is 15.1. The van der Waals surface area contributed by atoms with Crippen molar-refractivity contribution in [3.8, 4) is 0 Å².